The number of aliphatic carboxylic acids is 1. The number of amides is 2. The topological polar surface area (TPSA) is 116 Å². The summed E-state index contributed by atoms with van der Waals surface area (Å²) >= 11 is 0. The summed E-state index contributed by atoms with van der Waals surface area (Å²) in [5.74, 6) is -2.12. The van der Waals surface area contributed by atoms with Gasteiger partial charge in [-0.15, -0.1) is 0 Å². The first-order valence-electron chi connectivity index (χ1n) is 8.35. The van der Waals surface area contributed by atoms with E-state index in [0.717, 1.165) is 5.56 Å². The minimum atomic E-state index is -1.12. The van der Waals surface area contributed by atoms with Crippen LogP contribution in [0.1, 0.15) is 39.2 Å². The molecule has 25 heavy (non-hydrogen) atoms. The molecule has 1 aromatic rings. The number of carbonyl (C=O) groups is 3. The van der Waals surface area contributed by atoms with Crippen molar-refractivity contribution < 1.29 is 24.6 Å². The number of phenols is 1. The molecule has 1 rings (SSSR count). The summed E-state index contributed by atoms with van der Waals surface area (Å²) in [5, 5.41) is 23.7. The molecule has 138 valence electrons. The summed E-state index contributed by atoms with van der Waals surface area (Å²) in [6, 6.07) is 4.37. The standard InChI is InChI=1S/C18H26N2O5/c1-4-5-15(22)19-14(10-12-6-8-13(21)9-7-12)17(23)20-16(11(2)3)18(24)25/h6-9,11,14,16,21H,4-5,10H2,1-3H3,(H,19,22)(H,20,23)(H,24,25). The van der Waals surface area contributed by atoms with Crippen molar-refractivity contribution in [2.75, 3.05) is 0 Å². The Kier molecular flexibility index (Phi) is 7.91. The van der Waals surface area contributed by atoms with Crippen LogP contribution in [0.3, 0.4) is 0 Å². The Hall–Kier alpha value is -2.57. The van der Waals surface area contributed by atoms with E-state index < -0.39 is 24.0 Å². The van der Waals surface area contributed by atoms with Gasteiger partial charge in [-0.1, -0.05) is 32.9 Å². The monoisotopic (exact) mass is 350 g/mol. The molecule has 1 aromatic carbocycles. The maximum atomic E-state index is 12.5. The van der Waals surface area contributed by atoms with Crippen molar-refractivity contribution >= 4 is 17.8 Å². The van der Waals surface area contributed by atoms with Gasteiger partial charge < -0.3 is 20.8 Å². The second-order valence-corrected chi connectivity index (χ2v) is 6.31. The number of hydrogen-bond donors (Lipinski definition) is 4. The summed E-state index contributed by atoms with van der Waals surface area (Å²) in [6.07, 6.45) is 1.13. The van der Waals surface area contributed by atoms with Crippen LogP contribution in [0.5, 0.6) is 5.75 Å². The van der Waals surface area contributed by atoms with Crippen molar-refractivity contribution in [3.8, 4) is 5.75 Å². The number of benzene rings is 1. The SMILES string of the molecule is CCCC(=O)NC(Cc1ccc(O)cc1)C(=O)NC(C(=O)O)C(C)C. The van der Waals surface area contributed by atoms with E-state index in [1.54, 1.807) is 26.0 Å². The van der Waals surface area contributed by atoms with E-state index in [2.05, 4.69) is 10.6 Å². The summed E-state index contributed by atoms with van der Waals surface area (Å²) in [5.41, 5.74) is 0.742. The second-order valence-electron chi connectivity index (χ2n) is 6.31. The highest BCUT2D eigenvalue weighted by molar-refractivity contribution is 5.90. The average molecular weight is 350 g/mol. The number of carboxylic acid groups (broad SMARTS) is 1. The van der Waals surface area contributed by atoms with Crippen LogP contribution in [0.25, 0.3) is 0 Å². The fraction of sp³-hybridized carbons (Fsp3) is 0.500. The zero-order chi connectivity index (χ0) is 19.0. The predicted octanol–water partition coefficient (Wildman–Crippen LogP) is 1.44. The van der Waals surface area contributed by atoms with E-state index in [9.17, 15) is 24.6 Å². The predicted molar refractivity (Wildman–Crippen MR) is 93.1 cm³/mol. The molecule has 0 saturated carbocycles. The Morgan fingerprint density at radius 2 is 1.68 bits per heavy atom. The molecule has 0 saturated heterocycles. The lowest BCUT2D eigenvalue weighted by Crippen LogP contribution is -2.53. The molecule has 7 nitrogen and oxygen atoms in total. The van der Waals surface area contributed by atoms with Crippen molar-refractivity contribution in [2.24, 2.45) is 5.92 Å². The molecule has 4 N–H and O–H groups in total. The number of rotatable bonds is 9. The minimum absolute atomic E-state index is 0.102. The van der Waals surface area contributed by atoms with Gasteiger partial charge in [0.2, 0.25) is 11.8 Å². The fourth-order valence-corrected chi connectivity index (χ4v) is 2.34. The quantitative estimate of drug-likeness (QED) is 0.538. The van der Waals surface area contributed by atoms with Crippen LogP contribution in [0.2, 0.25) is 0 Å². The smallest absolute Gasteiger partial charge is 0.326 e. The first kappa shape index (κ1) is 20.5. The Bertz CT molecular complexity index is 598. The number of phenolic OH excluding ortho intramolecular Hbond substituents is 1. The zero-order valence-corrected chi connectivity index (χ0v) is 14.8. The Balaban J connectivity index is 2.91. The van der Waals surface area contributed by atoms with Gasteiger partial charge in [0.05, 0.1) is 0 Å². The lowest BCUT2D eigenvalue weighted by molar-refractivity contribution is -0.143. The Morgan fingerprint density at radius 3 is 2.16 bits per heavy atom. The maximum absolute atomic E-state index is 12.5. The lowest BCUT2D eigenvalue weighted by atomic mass is 10.0. The molecule has 7 heteroatoms. The van der Waals surface area contributed by atoms with Crippen molar-refractivity contribution in [1.29, 1.82) is 0 Å². The maximum Gasteiger partial charge on any atom is 0.326 e. The highest BCUT2D eigenvalue weighted by atomic mass is 16.4. The molecule has 0 aliphatic carbocycles. The molecule has 0 aliphatic rings. The van der Waals surface area contributed by atoms with Crippen molar-refractivity contribution in [2.45, 2.75) is 52.1 Å². The van der Waals surface area contributed by atoms with Crippen LogP contribution in [0.15, 0.2) is 24.3 Å². The van der Waals surface area contributed by atoms with Crippen LogP contribution < -0.4 is 10.6 Å². The highest BCUT2D eigenvalue weighted by Crippen LogP contribution is 2.12. The number of hydrogen-bond acceptors (Lipinski definition) is 4. The number of nitrogens with one attached hydrogen (secondary N) is 2. The van der Waals surface area contributed by atoms with Gasteiger partial charge in [0, 0.05) is 12.8 Å². The van der Waals surface area contributed by atoms with Crippen LogP contribution in [0, 0.1) is 5.92 Å². The lowest BCUT2D eigenvalue weighted by Gasteiger charge is -2.23. The normalized spacial score (nSPS) is 13.1. The van der Waals surface area contributed by atoms with Gasteiger partial charge in [0.25, 0.3) is 0 Å². The van der Waals surface area contributed by atoms with Gasteiger partial charge in [-0.25, -0.2) is 4.79 Å². The Labute approximate surface area is 147 Å². The van der Waals surface area contributed by atoms with Crippen LogP contribution in [-0.2, 0) is 20.8 Å². The molecule has 0 aromatic heterocycles. The van der Waals surface area contributed by atoms with E-state index in [1.807, 2.05) is 6.92 Å². The molecule has 0 aliphatic heterocycles. The van der Waals surface area contributed by atoms with E-state index in [0.29, 0.717) is 6.42 Å². The highest BCUT2D eigenvalue weighted by Gasteiger charge is 2.28. The van der Waals surface area contributed by atoms with Gasteiger partial charge in [0.1, 0.15) is 17.8 Å². The van der Waals surface area contributed by atoms with E-state index in [1.165, 1.54) is 12.1 Å². The molecule has 2 unspecified atom stereocenters. The molecule has 0 spiro atoms. The van der Waals surface area contributed by atoms with Gasteiger partial charge in [0.15, 0.2) is 0 Å². The van der Waals surface area contributed by atoms with E-state index in [4.69, 9.17) is 0 Å². The minimum Gasteiger partial charge on any atom is -0.508 e. The first-order valence-corrected chi connectivity index (χ1v) is 8.35. The van der Waals surface area contributed by atoms with Gasteiger partial charge in [-0.3, -0.25) is 9.59 Å². The molecular formula is C18H26N2O5. The third-order valence-electron chi connectivity index (χ3n) is 3.74. The summed E-state index contributed by atoms with van der Waals surface area (Å²) in [6.45, 7) is 5.25. The first-order chi connectivity index (χ1) is 11.7. The third kappa shape index (κ3) is 6.82. The van der Waals surface area contributed by atoms with Gasteiger partial charge in [-0.2, -0.15) is 0 Å². The zero-order valence-electron chi connectivity index (χ0n) is 14.8. The molecule has 0 fully saturated rings. The summed E-state index contributed by atoms with van der Waals surface area (Å²) in [4.78, 5) is 35.7. The fourth-order valence-electron chi connectivity index (χ4n) is 2.34. The molecular weight excluding hydrogens is 324 g/mol. The average Bonchev–Trinajstić information content (AvgIpc) is 2.53. The van der Waals surface area contributed by atoms with Crippen molar-refractivity contribution in [1.82, 2.24) is 10.6 Å². The Morgan fingerprint density at radius 1 is 1.08 bits per heavy atom. The number of carbonyl (C=O) groups excluding carboxylic acids is 2. The number of aromatic hydroxyl groups is 1. The van der Waals surface area contributed by atoms with Crippen LogP contribution in [-0.4, -0.2) is 40.1 Å². The van der Waals surface area contributed by atoms with E-state index in [-0.39, 0.29) is 30.4 Å². The third-order valence-corrected chi connectivity index (χ3v) is 3.74. The van der Waals surface area contributed by atoms with Crippen LogP contribution in [0.4, 0.5) is 0 Å². The molecule has 2 amide bonds. The van der Waals surface area contributed by atoms with Crippen LogP contribution >= 0.6 is 0 Å². The molecule has 0 radical (unpaired) electrons. The molecule has 0 heterocycles. The summed E-state index contributed by atoms with van der Waals surface area (Å²) < 4.78 is 0. The van der Waals surface area contributed by atoms with Gasteiger partial charge in [-0.05, 0) is 30.0 Å². The van der Waals surface area contributed by atoms with Gasteiger partial charge >= 0.3 is 5.97 Å². The molecule has 2 atom stereocenters. The van der Waals surface area contributed by atoms with Crippen molar-refractivity contribution in [3.05, 3.63) is 29.8 Å². The van der Waals surface area contributed by atoms with E-state index >= 15 is 0 Å². The summed E-state index contributed by atoms with van der Waals surface area (Å²) in [7, 11) is 0. The second kappa shape index (κ2) is 9.66. The largest absolute Gasteiger partial charge is 0.508 e. The number of carboxylic acids is 1. The van der Waals surface area contributed by atoms with Crippen molar-refractivity contribution in [3.63, 3.8) is 0 Å². The molecule has 0 bridgehead atoms.